The molecule has 20 heavy (non-hydrogen) atoms. The van der Waals surface area contributed by atoms with E-state index in [4.69, 9.17) is 9.47 Å². The summed E-state index contributed by atoms with van der Waals surface area (Å²) in [4.78, 5) is 23.3. The van der Waals surface area contributed by atoms with Crippen molar-refractivity contribution in [3.05, 3.63) is 11.9 Å². The molecular weight excluding hydrogens is 258 g/mol. The van der Waals surface area contributed by atoms with Crippen LogP contribution in [-0.2, 0) is 0 Å². The molecule has 0 atom stereocenters. The molecule has 1 saturated carbocycles. The molecular formula is C14H21N3O3. The Balaban J connectivity index is 2.42. The Morgan fingerprint density at radius 3 is 2.40 bits per heavy atom. The van der Waals surface area contributed by atoms with E-state index < -0.39 is 5.54 Å². The van der Waals surface area contributed by atoms with Gasteiger partial charge in [-0.3, -0.25) is 9.69 Å². The summed E-state index contributed by atoms with van der Waals surface area (Å²) in [5, 5.41) is 0. The first-order valence-corrected chi connectivity index (χ1v) is 6.72. The number of ether oxygens (including phenoxy) is 2. The summed E-state index contributed by atoms with van der Waals surface area (Å²) in [7, 11) is 6.86. The van der Waals surface area contributed by atoms with Gasteiger partial charge in [0.1, 0.15) is 0 Å². The number of rotatable bonds is 5. The highest BCUT2D eigenvalue weighted by Crippen LogP contribution is 2.37. The Labute approximate surface area is 119 Å². The minimum atomic E-state index is -0.490. The van der Waals surface area contributed by atoms with Crippen LogP contribution in [0.2, 0.25) is 0 Å². The molecule has 2 rings (SSSR count). The van der Waals surface area contributed by atoms with Crippen LogP contribution in [-0.4, -0.2) is 54.5 Å². The van der Waals surface area contributed by atoms with Gasteiger partial charge in [-0.05, 0) is 26.9 Å². The minimum absolute atomic E-state index is 0.0213. The molecule has 0 amide bonds. The molecule has 0 aromatic carbocycles. The molecule has 1 aromatic rings. The summed E-state index contributed by atoms with van der Waals surface area (Å²) in [6.45, 7) is 0. The molecule has 0 radical (unpaired) electrons. The van der Waals surface area contributed by atoms with Gasteiger partial charge in [-0.2, -0.15) is 4.98 Å². The van der Waals surface area contributed by atoms with Crippen LogP contribution >= 0.6 is 0 Å². The second kappa shape index (κ2) is 5.75. The molecule has 0 N–H and O–H groups in total. The number of hydrogen-bond acceptors (Lipinski definition) is 6. The van der Waals surface area contributed by atoms with Crippen LogP contribution in [0, 0.1) is 0 Å². The molecule has 1 aromatic heterocycles. The molecule has 1 aliphatic rings. The van der Waals surface area contributed by atoms with Crippen molar-refractivity contribution >= 4 is 5.78 Å². The molecule has 0 spiro atoms. The van der Waals surface area contributed by atoms with Gasteiger partial charge < -0.3 is 9.47 Å². The van der Waals surface area contributed by atoms with Crippen LogP contribution < -0.4 is 9.47 Å². The first-order valence-electron chi connectivity index (χ1n) is 6.72. The number of methoxy groups -OCH3 is 2. The van der Waals surface area contributed by atoms with Crippen LogP contribution in [0.25, 0.3) is 0 Å². The Bertz CT molecular complexity index is 496. The Hall–Kier alpha value is -1.69. The maximum absolute atomic E-state index is 12.9. The zero-order valence-electron chi connectivity index (χ0n) is 12.5. The zero-order valence-corrected chi connectivity index (χ0v) is 12.5. The van der Waals surface area contributed by atoms with Crippen molar-refractivity contribution in [3.8, 4) is 11.8 Å². The average molecular weight is 279 g/mol. The maximum atomic E-state index is 12.9. The SMILES string of the molecule is COc1cnc(C(=O)C2(N(C)C)CCCC2)c(OC)n1. The van der Waals surface area contributed by atoms with E-state index in [-0.39, 0.29) is 17.4 Å². The molecule has 0 saturated heterocycles. The lowest BCUT2D eigenvalue weighted by Gasteiger charge is -2.34. The number of carbonyl (C=O) groups is 1. The van der Waals surface area contributed by atoms with Gasteiger partial charge >= 0.3 is 0 Å². The number of ketones is 1. The van der Waals surface area contributed by atoms with Crippen molar-refractivity contribution in [2.45, 2.75) is 31.2 Å². The minimum Gasteiger partial charge on any atom is -0.480 e. The number of Topliss-reactive ketones (excluding diaryl/α,β-unsaturated/α-hetero) is 1. The topological polar surface area (TPSA) is 64.5 Å². The summed E-state index contributed by atoms with van der Waals surface area (Å²) in [6.07, 6.45) is 5.24. The fraction of sp³-hybridized carbons (Fsp3) is 0.643. The summed E-state index contributed by atoms with van der Waals surface area (Å²) in [5.41, 5.74) is -0.208. The van der Waals surface area contributed by atoms with Gasteiger partial charge in [-0.1, -0.05) is 12.8 Å². The second-order valence-corrected chi connectivity index (χ2v) is 5.23. The van der Waals surface area contributed by atoms with Gasteiger partial charge in [0.15, 0.2) is 5.69 Å². The van der Waals surface area contributed by atoms with E-state index in [2.05, 4.69) is 9.97 Å². The van der Waals surface area contributed by atoms with E-state index in [1.807, 2.05) is 19.0 Å². The quantitative estimate of drug-likeness (QED) is 0.762. The fourth-order valence-corrected chi connectivity index (χ4v) is 2.81. The average Bonchev–Trinajstić information content (AvgIpc) is 2.96. The van der Waals surface area contributed by atoms with E-state index in [0.29, 0.717) is 5.88 Å². The standard InChI is InChI=1S/C14H21N3O3/c1-17(2)14(7-5-6-8-14)12(18)11-13(20-4)16-10(19-3)9-15-11/h9H,5-8H2,1-4H3. The number of hydrogen-bond donors (Lipinski definition) is 0. The van der Waals surface area contributed by atoms with Crippen molar-refractivity contribution < 1.29 is 14.3 Å². The van der Waals surface area contributed by atoms with Gasteiger partial charge in [-0.15, -0.1) is 0 Å². The Kier molecular flexibility index (Phi) is 4.23. The number of likely N-dealkylation sites (N-methyl/N-ethyl adjacent to an activating group) is 1. The highest BCUT2D eigenvalue weighted by atomic mass is 16.5. The molecule has 6 nitrogen and oxygen atoms in total. The molecule has 110 valence electrons. The first-order chi connectivity index (χ1) is 9.55. The smallest absolute Gasteiger partial charge is 0.246 e. The Morgan fingerprint density at radius 2 is 1.90 bits per heavy atom. The van der Waals surface area contributed by atoms with E-state index in [0.717, 1.165) is 25.7 Å². The van der Waals surface area contributed by atoms with Gasteiger partial charge in [0, 0.05) is 0 Å². The lowest BCUT2D eigenvalue weighted by Crippen LogP contribution is -2.49. The maximum Gasteiger partial charge on any atom is 0.246 e. The van der Waals surface area contributed by atoms with Crippen LogP contribution in [0.3, 0.4) is 0 Å². The second-order valence-electron chi connectivity index (χ2n) is 5.23. The summed E-state index contributed by atoms with van der Waals surface area (Å²) >= 11 is 0. The van der Waals surface area contributed by atoms with Crippen molar-refractivity contribution in [1.82, 2.24) is 14.9 Å². The highest BCUT2D eigenvalue weighted by Gasteiger charge is 2.45. The highest BCUT2D eigenvalue weighted by molar-refractivity contribution is 6.03. The van der Waals surface area contributed by atoms with Gasteiger partial charge in [0.25, 0.3) is 0 Å². The van der Waals surface area contributed by atoms with Crippen molar-refractivity contribution in [1.29, 1.82) is 0 Å². The van der Waals surface area contributed by atoms with E-state index in [9.17, 15) is 4.79 Å². The van der Waals surface area contributed by atoms with Crippen LogP contribution in [0.4, 0.5) is 0 Å². The van der Waals surface area contributed by atoms with Crippen molar-refractivity contribution in [2.24, 2.45) is 0 Å². The summed E-state index contributed by atoms with van der Waals surface area (Å²) < 4.78 is 10.2. The predicted molar refractivity (Wildman–Crippen MR) is 74.4 cm³/mol. The third-order valence-electron chi connectivity index (χ3n) is 4.05. The van der Waals surface area contributed by atoms with Gasteiger partial charge in [-0.25, -0.2) is 4.98 Å². The summed E-state index contributed by atoms with van der Waals surface area (Å²) in [6, 6.07) is 0. The predicted octanol–water partition coefficient (Wildman–Crippen LogP) is 1.55. The van der Waals surface area contributed by atoms with Crippen LogP contribution in [0.5, 0.6) is 11.8 Å². The number of aromatic nitrogens is 2. The molecule has 1 fully saturated rings. The third-order valence-corrected chi connectivity index (χ3v) is 4.05. The van der Waals surface area contributed by atoms with Gasteiger partial charge in [0.05, 0.1) is 26.0 Å². The molecule has 0 unspecified atom stereocenters. The number of carbonyl (C=O) groups excluding carboxylic acids is 1. The number of nitrogens with zero attached hydrogens (tertiary/aromatic N) is 3. The van der Waals surface area contributed by atoms with Crippen LogP contribution in [0.1, 0.15) is 36.2 Å². The van der Waals surface area contributed by atoms with E-state index >= 15 is 0 Å². The zero-order chi connectivity index (χ0) is 14.8. The summed E-state index contributed by atoms with van der Waals surface area (Å²) in [5.74, 6) is 0.540. The molecule has 0 aliphatic heterocycles. The largest absolute Gasteiger partial charge is 0.480 e. The van der Waals surface area contributed by atoms with E-state index in [1.165, 1.54) is 20.4 Å². The fourth-order valence-electron chi connectivity index (χ4n) is 2.81. The molecule has 1 heterocycles. The van der Waals surface area contributed by atoms with Gasteiger partial charge in [0.2, 0.25) is 17.5 Å². The lowest BCUT2D eigenvalue weighted by atomic mass is 9.88. The van der Waals surface area contributed by atoms with Crippen LogP contribution in [0.15, 0.2) is 6.20 Å². The molecule has 6 heteroatoms. The third kappa shape index (κ3) is 2.35. The molecule has 0 bridgehead atoms. The monoisotopic (exact) mass is 279 g/mol. The van der Waals surface area contributed by atoms with E-state index in [1.54, 1.807) is 0 Å². The lowest BCUT2D eigenvalue weighted by molar-refractivity contribution is 0.0683. The van der Waals surface area contributed by atoms with Crippen molar-refractivity contribution in [3.63, 3.8) is 0 Å². The molecule has 1 aliphatic carbocycles. The Morgan fingerprint density at radius 1 is 1.25 bits per heavy atom. The normalized spacial score (nSPS) is 17.2. The van der Waals surface area contributed by atoms with Crippen molar-refractivity contribution in [2.75, 3.05) is 28.3 Å². The first kappa shape index (κ1) is 14.7.